The number of amides is 1. The molecule has 2 heterocycles. The Morgan fingerprint density at radius 3 is 2.78 bits per heavy atom. The molecule has 2 atom stereocenters. The maximum atomic E-state index is 13.5. The molecule has 1 amide bonds. The molecule has 0 aromatic heterocycles. The highest BCUT2D eigenvalue weighted by Gasteiger charge is 2.38. The number of hydrogen-bond donors (Lipinski definition) is 1. The summed E-state index contributed by atoms with van der Waals surface area (Å²) in [6, 6.07) is 15.0. The second-order valence-corrected chi connectivity index (χ2v) is 6.49. The van der Waals surface area contributed by atoms with E-state index in [9.17, 15) is 9.18 Å². The number of halogens is 1. The second kappa shape index (κ2) is 5.78. The lowest BCUT2D eigenvalue weighted by atomic mass is 9.87. The average molecular weight is 310 g/mol. The van der Waals surface area contributed by atoms with Gasteiger partial charge in [-0.05, 0) is 29.2 Å². The number of hydrogen-bond acceptors (Lipinski definition) is 2. The Hall–Kier alpha value is -2.20. The predicted octanol–water partition coefficient (Wildman–Crippen LogP) is 2.78. The quantitative estimate of drug-likeness (QED) is 0.925. The van der Waals surface area contributed by atoms with Crippen molar-refractivity contribution < 1.29 is 9.18 Å². The van der Waals surface area contributed by atoms with Crippen molar-refractivity contribution in [2.45, 2.75) is 12.5 Å². The first-order valence-electron chi connectivity index (χ1n) is 8.04. The number of nitrogens with zero attached hydrogens (tertiary/aromatic N) is 1. The lowest BCUT2D eigenvalue weighted by molar-refractivity contribution is 0.0950. The van der Waals surface area contributed by atoms with Crippen LogP contribution in [0.1, 0.15) is 27.4 Å². The number of carbonyl (C=O) groups excluding carboxylic acids is 1. The highest BCUT2D eigenvalue weighted by molar-refractivity contribution is 5.96. The van der Waals surface area contributed by atoms with E-state index in [4.69, 9.17) is 0 Å². The van der Waals surface area contributed by atoms with Crippen molar-refractivity contribution >= 4 is 5.91 Å². The van der Waals surface area contributed by atoms with E-state index < -0.39 is 0 Å². The summed E-state index contributed by atoms with van der Waals surface area (Å²) in [4.78, 5) is 14.6. The number of likely N-dealkylation sites (tertiary alicyclic amines) is 1. The standard InChI is InChI=1S/C19H19FN2O/c20-15-6-7-16-17(8-15)19(23)21-9-14-11-22(12-18(14)16)10-13-4-2-1-3-5-13/h1-8,14,18H,9-12H2,(H,21,23). The molecule has 1 saturated heterocycles. The van der Waals surface area contributed by atoms with E-state index in [2.05, 4.69) is 34.5 Å². The summed E-state index contributed by atoms with van der Waals surface area (Å²) in [6.45, 7) is 3.44. The number of benzene rings is 2. The fourth-order valence-corrected chi connectivity index (χ4v) is 3.86. The van der Waals surface area contributed by atoms with Crippen molar-refractivity contribution in [3.8, 4) is 0 Å². The molecule has 1 N–H and O–H groups in total. The Balaban J connectivity index is 1.60. The lowest BCUT2D eigenvalue weighted by Crippen LogP contribution is -2.29. The van der Waals surface area contributed by atoms with Crippen molar-refractivity contribution in [2.75, 3.05) is 19.6 Å². The van der Waals surface area contributed by atoms with Gasteiger partial charge < -0.3 is 5.32 Å². The van der Waals surface area contributed by atoms with Gasteiger partial charge in [0.15, 0.2) is 0 Å². The van der Waals surface area contributed by atoms with E-state index in [1.54, 1.807) is 6.07 Å². The number of rotatable bonds is 2. The van der Waals surface area contributed by atoms with Crippen molar-refractivity contribution in [1.29, 1.82) is 0 Å². The van der Waals surface area contributed by atoms with Gasteiger partial charge in [-0.15, -0.1) is 0 Å². The van der Waals surface area contributed by atoms with Gasteiger partial charge in [0.25, 0.3) is 5.91 Å². The summed E-state index contributed by atoms with van der Waals surface area (Å²) >= 11 is 0. The van der Waals surface area contributed by atoms with Crippen molar-refractivity contribution in [3.05, 3.63) is 71.0 Å². The second-order valence-electron chi connectivity index (χ2n) is 6.49. The highest BCUT2D eigenvalue weighted by Crippen LogP contribution is 2.36. The molecule has 118 valence electrons. The first-order valence-corrected chi connectivity index (χ1v) is 8.04. The Labute approximate surface area is 135 Å². The molecule has 2 aliphatic rings. The third kappa shape index (κ3) is 2.75. The van der Waals surface area contributed by atoms with Gasteiger partial charge in [0, 0.05) is 37.7 Å². The minimum absolute atomic E-state index is 0.150. The SMILES string of the molecule is O=C1NCC2CN(Cc3ccccc3)CC2c2ccc(F)cc21. The minimum Gasteiger partial charge on any atom is -0.352 e. The van der Waals surface area contributed by atoms with Crippen molar-refractivity contribution in [3.63, 3.8) is 0 Å². The lowest BCUT2D eigenvalue weighted by Gasteiger charge is -2.17. The van der Waals surface area contributed by atoms with E-state index in [-0.39, 0.29) is 17.6 Å². The third-order valence-electron chi connectivity index (χ3n) is 4.95. The Morgan fingerprint density at radius 1 is 1.13 bits per heavy atom. The molecule has 0 saturated carbocycles. The Kier molecular flexibility index (Phi) is 3.62. The maximum absolute atomic E-state index is 13.5. The number of carbonyl (C=O) groups is 1. The average Bonchev–Trinajstić information content (AvgIpc) is 2.91. The molecule has 0 spiro atoms. The Morgan fingerprint density at radius 2 is 1.96 bits per heavy atom. The monoisotopic (exact) mass is 310 g/mol. The smallest absolute Gasteiger partial charge is 0.251 e. The van der Waals surface area contributed by atoms with Crippen LogP contribution in [0.3, 0.4) is 0 Å². The van der Waals surface area contributed by atoms with E-state index in [0.717, 1.165) is 25.2 Å². The van der Waals surface area contributed by atoms with Crippen LogP contribution in [0.4, 0.5) is 4.39 Å². The number of nitrogens with one attached hydrogen (secondary N) is 1. The maximum Gasteiger partial charge on any atom is 0.251 e. The van der Waals surface area contributed by atoms with E-state index in [1.165, 1.54) is 17.7 Å². The van der Waals surface area contributed by atoms with Gasteiger partial charge in [-0.3, -0.25) is 9.69 Å². The van der Waals surface area contributed by atoms with Crippen LogP contribution in [0, 0.1) is 11.7 Å². The molecule has 4 heteroatoms. The van der Waals surface area contributed by atoms with E-state index in [1.807, 2.05) is 6.07 Å². The molecular formula is C19H19FN2O. The predicted molar refractivity (Wildman–Crippen MR) is 86.7 cm³/mol. The molecule has 3 nitrogen and oxygen atoms in total. The fraction of sp³-hybridized carbons (Fsp3) is 0.316. The van der Waals surface area contributed by atoms with Gasteiger partial charge in [0.05, 0.1) is 0 Å². The topological polar surface area (TPSA) is 32.3 Å². The minimum atomic E-state index is -0.350. The van der Waals surface area contributed by atoms with Crippen molar-refractivity contribution in [1.82, 2.24) is 10.2 Å². The Bertz CT molecular complexity index is 731. The van der Waals surface area contributed by atoms with E-state index >= 15 is 0 Å². The van der Waals surface area contributed by atoms with Crippen LogP contribution >= 0.6 is 0 Å². The van der Waals surface area contributed by atoms with Gasteiger partial charge in [-0.2, -0.15) is 0 Å². The molecule has 2 unspecified atom stereocenters. The van der Waals surface area contributed by atoms with Gasteiger partial charge in [0.1, 0.15) is 5.82 Å². The third-order valence-corrected chi connectivity index (χ3v) is 4.95. The van der Waals surface area contributed by atoms with Crippen LogP contribution in [-0.2, 0) is 6.54 Å². The number of fused-ring (bicyclic) bond motifs is 3. The molecule has 4 rings (SSSR count). The van der Waals surface area contributed by atoms with Crippen molar-refractivity contribution in [2.24, 2.45) is 5.92 Å². The molecule has 2 aromatic rings. The van der Waals surface area contributed by atoms with Gasteiger partial charge >= 0.3 is 0 Å². The largest absolute Gasteiger partial charge is 0.352 e. The van der Waals surface area contributed by atoms with Crippen LogP contribution in [0.5, 0.6) is 0 Å². The van der Waals surface area contributed by atoms with E-state index in [0.29, 0.717) is 18.0 Å². The summed E-state index contributed by atoms with van der Waals surface area (Å²) in [5.41, 5.74) is 2.79. The van der Waals surface area contributed by atoms with Gasteiger partial charge in [0.2, 0.25) is 0 Å². The molecule has 0 bridgehead atoms. The first-order chi connectivity index (χ1) is 11.2. The first kappa shape index (κ1) is 14.4. The summed E-state index contributed by atoms with van der Waals surface area (Å²) in [7, 11) is 0. The molecule has 23 heavy (non-hydrogen) atoms. The van der Waals surface area contributed by atoms with Crippen LogP contribution in [0.2, 0.25) is 0 Å². The van der Waals surface area contributed by atoms with Crippen LogP contribution in [0.25, 0.3) is 0 Å². The molecule has 2 aliphatic heterocycles. The highest BCUT2D eigenvalue weighted by atomic mass is 19.1. The normalized spacial score (nSPS) is 23.8. The zero-order chi connectivity index (χ0) is 15.8. The molecular weight excluding hydrogens is 291 g/mol. The molecule has 1 fully saturated rings. The zero-order valence-corrected chi connectivity index (χ0v) is 12.8. The summed E-state index contributed by atoms with van der Waals surface area (Å²) in [5.74, 6) is 0.169. The van der Waals surface area contributed by atoms with Gasteiger partial charge in [-0.1, -0.05) is 36.4 Å². The summed E-state index contributed by atoms with van der Waals surface area (Å²) < 4.78 is 13.5. The van der Waals surface area contributed by atoms with Crippen LogP contribution in [-0.4, -0.2) is 30.4 Å². The van der Waals surface area contributed by atoms with Crippen LogP contribution < -0.4 is 5.32 Å². The molecule has 2 aromatic carbocycles. The summed E-state index contributed by atoms with van der Waals surface area (Å²) in [6.07, 6.45) is 0. The zero-order valence-electron chi connectivity index (χ0n) is 12.8. The van der Waals surface area contributed by atoms with Gasteiger partial charge in [-0.25, -0.2) is 4.39 Å². The molecule has 0 aliphatic carbocycles. The summed E-state index contributed by atoms with van der Waals surface area (Å²) in [5, 5.41) is 2.95. The molecule has 0 radical (unpaired) electrons. The van der Waals surface area contributed by atoms with Crippen LogP contribution in [0.15, 0.2) is 48.5 Å². The fourth-order valence-electron chi connectivity index (χ4n) is 3.86.